The van der Waals surface area contributed by atoms with Crippen molar-refractivity contribution in [3.63, 3.8) is 0 Å². The summed E-state index contributed by atoms with van der Waals surface area (Å²) < 4.78 is 12.3. The van der Waals surface area contributed by atoms with Crippen LogP contribution in [0.5, 0.6) is 5.75 Å². The van der Waals surface area contributed by atoms with Crippen LogP contribution in [0.2, 0.25) is 0 Å². The molecule has 0 radical (unpaired) electrons. The fourth-order valence-corrected chi connectivity index (χ4v) is 3.55. The molecule has 2 nitrogen and oxygen atoms in total. The highest BCUT2D eigenvalue weighted by molar-refractivity contribution is 5.45. The van der Waals surface area contributed by atoms with Gasteiger partial charge in [-0.3, -0.25) is 0 Å². The number of hydrogen-bond donors (Lipinski definition) is 0. The van der Waals surface area contributed by atoms with Gasteiger partial charge in [-0.1, -0.05) is 78.9 Å². The van der Waals surface area contributed by atoms with E-state index >= 15 is 0 Å². The molecule has 0 aliphatic carbocycles. The summed E-state index contributed by atoms with van der Waals surface area (Å²) in [4.78, 5) is 0. The fraction of sp³-hybridized carbons (Fsp3) is 0.182. The molecule has 120 valence electrons. The Kier molecular flexibility index (Phi) is 3.83. The fourth-order valence-electron chi connectivity index (χ4n) is 3.55. The van der Waals surface area contributed by atoms with Crippen LogP contribution in [0.25, 0.3) is 0 Å². The largest absolute Gasteiger partial charge is 0.458 e. The summed E-state index contributed by atoms with van der Waals surface area (Å²) in [7, 11) is 1.73. The number of para-hydroxylation sites is 1. The minimum absolute atomic E-state index is 0.233. The first-order valence-electron chi connectivity index (χ1n) is 8.26. The van der Waals surface area contributed by atoms with Gasteiger partial charge in [-0.2, -0.15) is 0 Å². The van der Waals surface area contributed by atoms with Crippen molar-refractivity contribution < 1.29 is 9.47 Å². The monoisotopic (exact) mass is 316 g/mol. The normalized spacial score (nSPS) is 22.5. The maximum Gasteiger partial charge on any atom is 0.238 e. The molecule has 0 aromatic heterocycles. The van der Waals surface area contributed by atoms with Crippen molar-refractivity contribution in [2.24, 2.45) is 0 Å². The van der Waals surface area contributed by atoms with Crippen molar-refractivity contribution in [2.75, 3.05) is 7.11 Å². The zero-order chi connectivity index (χ0) is 16.4. The van der Waals surface area contributed by atoms with E-state index in [9.17, 15) is 0 Å². The van der Waals surface area contributed by atoms with E-state index in [1.165, 1.54) is 11.1 Å². The third-order valence-corrected chi connectivity index (χ3v) is 4.79. The molecule has 4 rings (SSSR count). The molecule has 0 saturated heterocycles. The molecule has 1 aliphatic rings. The number of benzene rings is 3. The van der Waals surface area contributed by atoms with E-state index in [0.717, 1.165) is 17.7 Å². The van der Waals surface area contributed by atoms with Crippen LogP contribution in [0.3, 0.4) is 0 Å². The Morgan fingerprint density at radius 2 is 1.46 bits per heavy atom. The summed E-state index contributed by atoms with van der Waals surface area (Å²) >= 11 is 0. The van der Waals surface area contributed by atoms with Crippen molar-refractivity contribution in [1.82, 2.24) is 0 Å². The third kappa shape index (κ3) is 2.49. The minimum atomic E-state index is -0.768. The number of rotatable bonds is 3. The van der Waals surface area contributed by atoms with E-state index in [2.05, 4.69) is 54.6 Å². The molecule has 24 heavy (non-hydrogen) atoms. The molecule has 3 aromatic rings. The van der Waals surface area contributed by atoms with Crippen molar-refractivity contribution in [2.45, 2.75) is 18.1 Å². The predicted molar refractivity (Wildman–Crippen MR) is 95.1 cm³/mol. The predicted octanol–water partition coefficient (Wildman–Crippen LogP) is 5.10. The quantitative estimate of drug-likeness (QED) is 0.669. The lowest BCUT2D eigenvalue weighted by Crippen LogP contribution is -2.40. The van der Waals surface area contributed by atoms with Crippen LogP contribution in [-0.4, -0.2) is 7.11 Å². The van der Waals surface area contributed by atoms with Crippen molar-refractivity contribution in [3.05, 3.63) is 102 Å². The summed E-state index contributed by atoms with van der Waals surface area (Å²) in [6.45, 7) is 0. The molecule has 0 saturated carbocycles. The highest BCUT2D eigenvalue weighted by Gasteiger charge is 2.43. The zero-order valence-electron chi connectivity index (χ0n) is 13.7. The van der Waals surface area contributed by atoms with Gasteiger partial charge in [0, 0.05) is 30.6 Å². The summed E-state index contributed by atoms with van der Waals surface area (Å²) in [5.74, 6) is 0.357. The van der Waals surface area contributed by atoms with Gasteiger partial charge in [0.25, 0.3) is 0 Å². The van der Waals surface area contributed by atoms with Gasteiger partial charge in [-0.25, -0.2) is 0 Å². The summed E-state index contributed by atoms with van der Waals surface area (Å²) in [6, 6.07) is 29.0. The SMILES string of the molecule is COC1(c2ccccc2)CC(c2ccccc2)c2ccccc2O1. The van der Waals surface area contributed by atoms with Crippen molar-refractivity contribution in [3.8, 4) is 5.75 Å². The van der Waals surface area contributed by atoms with Crippen LogP contribution in [0.1, 0.15) is 29.0 Å². The Morgan fingerprint density at radius 3 is 2.17 bits per heavy atom. The first-order valence-corrected chi connectivity index (χ1v) is 8.26. The van der Waals surface area contributed by atoms with Gasteiger partial charge < -0.3 is 9.47 Å². The van der Waals surface area contributed by atoms with E-state index in [0.29, 0.717) is 0 Å². The molecule has 0 fully saturated rings. The second-order valence-corrected chi connectivity index (χ2v) is 6.13. The number of fused-ring (bicyclic) bond motifs is 1. The van der Waals surface area contributed by atoms with Crippen LogP contribution in [0, 0.1) is 0 Å². The molecule has 0 bridgehead atoms. The van der Waals surface area contributed by atoms with Crippen LogP contribution < -0.4 is 4.74 Å². The number of hydrogen-bond acceptors (Lipinski definition) is 2. The van der Waals surface area contributed by atoms with E-state index in [1.807, 2.05) is 30.3 Å². The van der Waals surface area contributed by atoms with Crippen molar-refractivity contribution >= 4 is 0 Å². The average molecular weight is 316 g/mol. The molecule has 0 spiro atoms. The molecule has 2 atom stereocenters. The van der Waals surface area contributed by atoms with Gasteiger partial charge in [0.15, 0.2) is 0 Å². The number of methoxy groups -OCH3 is 1. The molecule has 0 N–H and O–H groups in total. The van der Waals surface area contributed by atoms with Crippen LogP contribution in [0.15, 0.2) is 84.9 Å². The van der Waals surface area contributed by atoms with Gasteiger partial charge in [-0.15, -0.1) is 0 Å². The second kappa shape index (κ2) is 6.14. The summed E-state index contributed by atoms with van der Waals surface area (Å²) in [6.07, 6.45) is 0.745. The average Bonchev–Trinajstić information content (AvgIpc) is 2.68. The van der Waals surface area contributed by atoms with Gasteiger partial charge in [0.2, 0.25) is 5.79 Å². The van der Waals surface area contributed by atoms with Crippen molar-refractivity contribution in [1.29, 1.82) is 0 Å². The van der Waals surface area contributed by atoms with Crippen LogP contribution >= 0.6 is 0 Å². The topological polar surface area (TPSA) is 18.5 Å². The maximum absolute atomic E-state index is 6.38. The Bertz CT molecular complexity index is 814. The highest BCUT2D eigenvalue weighted by Crippen LogP contribution is 2.48. The molecule has 2 unspecified atom stereocenters. The Hall–Kier alpha value is -2.58. The Balaban J connectivity index is 1.86. The molecule has 1 heterocycles. The number of ether oxygens (including phenoxy) is 2. The molecule has 1 aliphatic heterocycles. The van der Waals surface area contributed by atoms with Gasteiger partial charge in [-0.05, 0) is 11.6 Å². The second-order valence-electron chi connectivity index (χ2n) is 6.13. The molecule has 3 aromatic carbocycles. The highest BCUT2D eigenvalue weighted by atomic mass is 16.7. The van der Waals surface area contributed by atoms with Gasteiger partial charge >= 0.3 is 0 Å². The summed E-state index contributed by atoms with van der Waals surface area (Å²) in [5, 5.41) is 0. The standard InChI is InChI=1S/C22H20O2/c1-23-22(18-12-6-3-7-13-18)16-20(17-10-4-2-5-11-17)19-14-8-9-15-21(19)24-22/h2-15,20H,16H2,1H3. The lowest BCUT2D eigenvalue weighted by Gasteiger charge is -2.41. The van der Waals surface area contributed by atoms with E-state index in [4.69, 9.17) is 9.47 Å². The van der Waals surface area contributed by atoms with Crippen LogP contribution in [-0.2, 0) is 10.5 Å². The van der Waals surface area contributed by atoms with Gasteiger partial charge in [0.05, 0.1) is 0 Å². The molecule has 2 heteroatoms. The van der Waals surface area contributed by atoms with Crippen LogP contribution in [0.4, 0.5) is 0 Å². The first kappa shape index (κ1) is 15.0. The Labute approximate surface area is 142 Å². The van der Waals surface area contributed by atoms with E-state index in [-0.39, 0.29) is 5.92 Å². The molecular weight excluding hydrogens is 296 g/mol. The maximum atomic E-state index is 6.38. The van der Waals surface area contributed by atoms with E-state index < -0.39 is 5.79 Å². The zero-order valence-corrected chi connectivity index (χ0v) is 13.7. The van der Waals surface area contributed by atoms with E-state index in [1.54, 1.807) is 7.11 Å². The van der Waals surface area contributed by atoms with Gasteiger partial charge in [0.1, 0.15) is 5.75 Å². The smallest absolute Gasteiger partial charge is 0.238 e. The molecule has 0 amide bonds. The summed E-state index contributed by atoms with van der Waals surface area (Å²) in [5.41, 5.74) is 3.54. The Morgan fingerprint density at radius 1 is 0.833 bits per heavy atom. The molecular formula is C22H20O2. The minimum Gasteiger partial charge on any atom is -0.458 e. The lowest BCUT2D eigenvalue weighted by atomic mass is 9.81. The third-order valence-electron chi connectivity index (χ3n) is 4.79. The lowest BCUT2D eigenvalue weighted by molar-refractivity contribution is -0.186. The first-order chi connectivity index (χ1) is 11.8.